The van der Waals surface area contributed by atoms with Crippen LogP contribution in [-0.4, -0.2) is 11.1 Å². The van der Waals surface area contributed by atoms with E-state index in [2.05, 4.69) is 0 Å². The number of phenols is 1. The minimum atomic E-state index is -0.193. The summed E-state index contributed by atoms with van der Waals surface area (Å²) in [7, 11) is 0. The average molecular weight is 192 g/mol. The van der Waals surface area contributed by atoms with Crippen molar-refractivity contribution in [1.82, 2.24) is 0 Å². The van der Waals surface area contributed by atoms with Crippen molar-refractivity contribution in [3.05, 3.63) is 22.8 Å². The Morgan fingerprint density at radius 3 is 2.79 bits per heavy atom. The van der Waals surface area contributed by atoms with Crippen LogP contribution in [-0.2, 0) is 11.2 Å². The number of aryl methyl sites for hydroxylation is 1. The fourth-order valence-electron chi connectivity index (χ4n) is 1.78. The van der Waals surface area contributed by atoms with Crippen LogP contribution in [0.1, 0.15) is 23.1 Å². The Hall–Kier alpha value is -1.51. The van der Waals surface area contributed by atoms with E-state index >= 15 is 0 Å². The molecule has 3 heteroatoms. The molecule has 0 aromatic heterocycles. The fraction of sp³-hybridized carbons (Fsp3) is 0.364. The molecule has 0 saturated carbocycles. The Kier molecular flexibility index (Phi) is 1.95. The predicted molar refractivity (Wildman–Crippen MR) is 51.5 cm³/mol. The van der Waals surface area contributed by atoms with Gasteiger partial charge in [0.15, 0.2) is 0 Å². The molecule has 0 unspecified atom stereocenters. The predicted octanol–water partition coefficient (Wildman–Crippen LogP) is 1.86. The van der Waals surface area contributed by atoms with Gasteiger partial charge in [-0.3, -0.25) is 4.79 Å². The summed E-state index contributed by atoms with van der Waals surface area (Å²) in [5, 5.41) is 9.69. The highest BCUT2D eigenvalue weighted by Gasteiger charge is 2.21. The van der Waals surface area contributed by atoms with E-state index in [9.17, 15) is 9.90 Å². The van der Waals surface area contributed by atoms with Crippen LogP contribution in [0, 0.1) is 13.8 Å². The topological polar surface area (TPSA) is 46.5 Å². The summed E-state index contributed by atoms with van der Waals surface area (Å²) >= 11 is 0. The van der Waals surface area contributed by atoms with Gasteiger partial charge in [-0.05, 0) is 37.5 Å². The van der Waals surface area contributed by atoms with Crippen LogP contribution in [0.4, 0.5) is 0 Å². The zero-order valence-corrected chi connectivity index (χ0v) is 8.26. The number of carbonyl (C=O) groups is 1. The Labute approximate surface area is 82.3 Å². The third kappa shape index (κ3) is 1.25. The van der Waals surface area contributed by atoms with Gasteiger partial charge in [-0.15, -0.1) is 0 Å². The van der Waals surface area contributed by atoms with E-state index < -0.39 is 0 Å². The van der Waals surface area contributed by atoms with Gasteiger partial charge < -0.3 is 9.84 Å². The Balaban J connectivity index is 2.59. The molecule has 0 saturated heterocycles. The number of hydrogen-bond acceptors (Lipinski definition) is 3. The molecule has 3 nitrogen and oxygen atoms in total. The van der Waals surface area contributed by atoms with Crippen molar-refractivity contribution in [3.8, 4) is 11.5 Å². The number of carbonyl (C=O) groups excluding carboxylic acids is 1. The van der Waals surface area contributed by atoms with Crippen molar-refractivity contribution in [2.75, 3.05) is 0 Å². The average Bonchev–Trinajstić information content (AvgIpc) is 2.14. The first kappa shape index (κ1) is 9.06. The zero-order chi connectivity index (χ0) is 10.3. The first-order valence-corrected chi connectivity index (χ1v) is 4.62. The number of fused-ring (bicyclic) bond motifs is 1. The molecule has 74 valence electrons. The lowest BCUT2D eigenvalue weighted by Gasteiger charge is -2.19. The highest BCUT2D eigenvalue weighted by Crippen LogP contribution is 2.35. The van der Waals surface area contributed by atoms with Crippen LogP contribution >= 0.6 is 0 Å². The standard InChI is InChI=1S/C11H12O3/c1-6-5-9-8(7(2)11(6)13)3-4-10(12)14-9/h5,13H,3-4H2,1-2H3. The van der Waals surface area contributed by atoms with Gasteiger partial charge in [0, 0.05) is 5.56 Å². The molecule has 1 aliphatic rings. The second kappa shape index (κ2) is 3.01. The smallest absolute Gasteiger partial charge is 0.311 e. The Bertz CT molecular complexity index is 407. The molecule has 0 bridgehead atoms. The van der Waals surface area contributed by atoms with Crippen molar-refractivity contribution < 1.29 is 14.6 Å². The molecule has 0 atom stereocenters. The van der Waals surface area contributed by atoms with Crippen molar-refractivity contribution in [1.29, 1.82) is 0 Å². The van der Waals surface area contributed by atoms with E-state index in [4.69, 9.17) is 4.74 Å². The molecule has 0 aliphatic carbocycles. The highest BCUT2D eigenvalue weighted by molar-refractivity contribution is 5.76. The number of benzene rings is 1. The number of rotatable bonds is 0. The van der Waals surface area contributed by atoms with Crippen molar-refractivity contribution in [3.63, 3.8) is 0 Å². The largest absolute Gasteiger partial charge is 0.507 e. The molecule has 0 spiro atoms. The first-order valence-electron chi connectivity index (χ1n) is 4.62. The maximum Gasteiger partial charge on any atom is 0.311 e. The number of aromatic hydroxyl groups is 1. The second-order valence-electron chi connectivity index (χ2n) is 3.62. The molecule has 1 heterocycles. The highest BCUT2D eigenvalue weighted by atomic mass is 16.5. The lowest BCUT2D eigenvalue weighted by Crippen LogP contribution is -2.16. The van der Waals surface area contributed by atoms with E-state index in [0.29, 0.717) is 24.3 Å². The summed E-state index contributed by atoms with van der Waals surface area (Å²) in [5.41, 5.74) is 2.52. The van der Waals surface area contributed by atoms with Gasteiger partial charge in [-0.2, -0.15) is 0 Å². The third-order valence-electron chi connectivity index (χ3n) is 2.63. The van der Waals surface area contributed by atoms with Gasteiger partial charge in [-0.25, -0.2) is 0 Å². The SMILES string of the molecule is Cc1cc2c(c(C)c1O)CCC(=O)O2. The van der Waals surface area contributed by atoms with Crippen molar-refractivity contribution in [2.24, 2.45) is 0 Å². The van der Waals surface area contributed by atoms with Gasteiger partial charge in [0.1, 0.15) is 11.5 Å². The quantitative estimate of drug-likeness (QED) is 0.504. The van der Waals surface area contributed by atoms with Gasteiger partial charge in [0.05, 0.1) is 6.42 Å². The molecular formula is C11H12O3. The van der Waals surface area contributed by atoms with E-state index in [1.54, 1.807) is 13.0 Å². The summed E-state index contributed by atoms with van der Waals surface area (Å²) in [6, 6.07) is 1.72. The van der Waals surface area contributed by atoms with E-state index in [1.165, 1.54) is 0 Å². The second-order valence-corrected chi connectivity index (χ2v) is 3.62. The molecule has 0 amide bonds. The number of esters is 1. The van der Waals surface area contributed by atoms with Crippen LogP contribution in [0.2, 0.25) is 0 Å². The van der Waals surface area contributed by atoms with Gasteiger partial charge in [-0.1, -0.05) is 0 Å². The van der Waals surface area contributed by atoms with Crippen LogP contribution in [0.3, 0.4) is 0 Å². The lowest BCUT2D eigenvalue weighted by molar-refractivity contribution is -0.135. The lowest BCUT2D eigenvalue weighted by atomic mass is 9.97. The fourth-order valence-corrected chi connectivity index (χ4v) is 1.78. The molecule has 0 radical (unpaired) electrons. The summed E-state index contributed by atoms with van der Waals surface area (Å²) in [6.45, 7) is 3.64. The molecular weight excluding hydrogens is 180 g/mol. The van der Waals surface area contributed by atoms with Crippen LogP contribution in [0.5, 0.6) is 11.5 Å². The molecule has 2 rings (SSSR count). The van der Waals surface area contributed by atoms with Crippen molar-refractivity contribution >= 4 is 5.97 Å². The van der Waals surface area contributed by atoms with Crippen LogP contribution < -0.4 is 4.74 Å². The number of hydrogen-bond donors (Lipinski definition) is 1. The maximum atomic E-state index is 11.0. The minimum absolute atomic E-state index is 0.193. The molecule has 0 fully saturated rings. The third-order valence-corrected chi connectivity index (χ3v) is 2.63. The monoisotopic (exact) mass is 192 g/mol. The molecule has 14 heavy (non-hydrogen) atoms. The van der Waals surface area contributed by atoms with Crippen molar-refractivity contribution in [2.45, 2.75) is 26.7 Å². The summed E-state index contributed by atoms with van der Waals surface area (Å²) in [6.07, 6.45) is 1.06. The molecule has 1 aliphatic heterocycles. The normalized spacial score (nSPS) is 14.9. The molecule has 1 N–H and O–H groups in total. The van der Waals surface area contributed by atoms with Gasteiger partial charge in [0.25, 0.3) is 0 Å². The Morgan fingerprint density at radius 2 is 2.07 bits per heavy atom. The molecule has 1 aromatic rings. The Morgan fingerprint density at radius 1 is 1.36 bits per heavy atom. The summed E-state index contributed by atoms with van der Waals surface area (Å²) in [4.78, 5) is 11.0. The van der Waals surface area contributed by atoms with E-state index in [-0.39, 0.29) is 5.97 Å². The van der Waals surface area contributed by atoms with E-state index in [0.717, 1.165) is 16.7 Å². The number of phenolic OH excluding ortho intramolecular Hbond substituents is 1. The summed E-state index contributed by atoms with van der Waals surface area (Å²) in [5.74, 6) is 0.720. The number of ether oxygens (including phenoxy) is 1. The van der Waals surface area contributed by atoms with Gasteiger partial charge in [0.2, 0.25) is 0 Å². The van der Waals surface area contributed by atoms with Gasteiger partial charge >= 0.3 is 5.97 Å². The minimum Gasteiger partial charge on any atom is -0.507 e. The van der Waals surface area contributed by atoms with E-state index in [1.807, 2.05) is 6.92 Å². The summed E-state index contributed by atoms with van der Waals surface area (Å²) < 4.78 is 5.10. The first-order chi connectivity index (χ1) is 6.59. The van der Waals surface area contributed by atoms with Crippen LogP contribution in [0.15, 0.2) is 6.07 Å². The zero-order valence-electron chi connectivity index (χ0n) is 8.26. The maximum absolute atomic E-state index is 11.0. The van der Waals surface area contributed by atoms with Crippen LogP contribution in [0.25, 0.3) is 0 Å². The molecule has 1 aromatic carbocycles.